The van der Waals surface area contributed by atoms with E-state index in [-0.39, 0.29) is 35.8 Å². The quantitative estimate of drug-likeness (QED) is 0.828. The third kappa shape index (κ3) is 5.02. The molecule has 1 heterocycles. The summed E-state index contributed by atoms with van der Waals surface area (Å²) in [6.07, 6.45) is 1.83. The van der Waals surface area contributed by atoms with Crippen molar-refractivity contribution in [3.63, 3.8) is 0 Å². The molecule has 1 aliphatic carbocycles. The Morgan fingerprint density at radius 1 is 1.32 bits per heavy atom. The molecule has 0 spiro atoms. The summed E-state index contributed by atoms with van der Waals surface area (Å²) in [4.78, 5) is 26.8. The highest BCUT2D eigenvalue weighted by Gasteiger charge is 2.30. The van der Waals surface area contributed by atoms with E-state index in [0.717, 1.165) is 19.4 Å². The van der Waals surface area contributed by atoms with Crippen LogP contribution in [0.15, 0.2) is 18.2 Å². The summed E-state index contributed by atoms with van der Waals surface area (Å²) in [5, 5.41) is 6.38. The summed E-state index contributed by atoms with van der Waals surface area (Å²) < 4.78 is 11.6. The topological polar surface area (TPSA) is 79.9 Å². The number of carbonyl (C=O) groups excluding carboxylic acids is 2. The fraction of sp³-hybridized carbons (Fsp3) is 0.619. The second-order valence-electron chi connectivity index (χ2n) is 8.03. The van der Waals surface area contributed by atoms with Crippen molar-refractivity contribution in [1.82, 2.24) is 10.2 Å². The Kier molecular flexibility index (Phi) is 6.57. The van der Waals surface area contributed by atoms with E-state index in [9.17, 15) is 9.59 Å². The fourth-order valence-electron chi connectivity index (χ4n) is 3.32. The minimum atomic E-state index is -0.120. The first-order valence-corrected chi connectivity index (χ1v) is 9.98. The van der Waals surface area contributed by atoms with Gasteiger partial charge in [0.2, 0.25) is 5.91 Å². The number of amides is 2. The molecule has 154 valence electrons. The van der Waals surface area contributed by atoms with Gasteiger partial charge in [-0.1, -0.05) is 6.92 Å². The van der Waals surface area contributed by atoms with E-state index in [0.29, 0.717) is 30.2 Å². The molecule has 28 heavy (non-hydrogen) atoms. The normalized spacial score (nSPS) is 26.5. The van der Waals surface area contributed by atoms with E-state index < -0.39 is 0 Å². The zero-order chi connectivity index (χ0) is 20.3. The molecule has 2 aliphatic rings. The summed E-state index contributed by atoms with van der Waals surface area (Å²) in [5.74, 6) is 0.768. The van der Waals surface area contributed by atoms with Gasteiger partial charge in [0.05, 0.1) is 11.7 Å². The van der Waals surface area contributed by atoms with Crippen molar-refractivity contribution in [1.29, 1.82) is 0 Å². The van der Waals surface area contributed by atoms with Crippen LogP contribution in [0.1, 0.15) is 37.0 Å². The fourth-order valence-corrected chi connectivity index (χ4v) is 3.32. The maximum absolute atomic E-state index is 13.0. The van der Waals surface area contributed by atoms with Gasteiger partial charge in [-0.15, -0.1) is 0 Å². The van der Waals surface area contributed by atoms with E-state index in [1.165, 1.54) is 0 Å². The third-order valence-electron chi connectivity index (χ3n) is 5.44. The molecule has 0 radical (unpaired) electrons. The highest BCUT2D eigenvalue weighted by Crippen LogP contribution is 2.31. The molecular weight excluding hydrogens is 358 g/mol. The van der Waals surface area contributed by atoms with Gasteiger partial charge in [-0.25, -0.2) is 0 Å². The Morgan fingerprint density at radius 3 is 2.75 bits per heavy atom. The lowest BCUT2D eigenvalue weighted by molar-refractivity contribution is -0.117. The average molecular weight is 389 g/mol. The van der Waals surface area contributed by atoms with Crippen LogP contribution in [-0.2, 0) is 9.53 Å². The van der Waals surface area contributed by atoms with Gasteiger partial charge in [-0.2, -0.15) is 0 Å². The van der Waals surface area contributed by atoms with Crippen LogP contribution in [0, 0.1) is 11.8 Å². The number of fused-ring (bicyclic) bond motifs is 1. The summed E-state index contributed by atoms with van der Waals surface area (Å²) in [6.45, 7) is 5.85. The second kappa shape index (κ2) is 8.92. The van der Waals surface area contributed by atoms with E-state index in [1.807, 2.05) is 6.92 Å². The highest BCUT2D eigenvalue weighted by molar-refractivity contribution is 5.99. The number of hydrogen-bond donors (Lipinski definition) is 2. The molecule has 1 saturated carbocycles. The van der Waals surface area contributed by atoms with Crippen LogP contribution < -0.4 is 15.4 Å². The molecule has 0 saturated heterocycles. The van der Waals surface area contributed by atoms with Gasteiger partial charge in [0.1, 0.15) is 12.4 Å². The average Bonchev–Trinajstić information content (AvgIpc) is 3.52. The van der Waals surface area contributed by atoms with Gasteiger partial charge in [-0.3, -0.25) is 9.59 Å². The van der Waals surface area contributed by atoms with Crippen LogP contribution >= 0.6 is 0 Å². The number of likely N-dealkylation sites (N-methyl/N-ethyl adjacent to an activating group) is 1. The number of anilines is 1. The van der Waals surface area contributed by atoms with Crippen LogP contribution in [-0.4, -0.2) is 62.7 Å². The number of ether oxygens (including phenoxy) is 2. The first kappa shape index (κ1) is 20.6. The SMILES string of the molecule is CO[C@H]1CN(C)C(=O)c2ccc(NC(=O)C3CC3)cc2OC[C@H](C)NC[C@@H]1C. The van der Waals surface area contributed by atoms with Crippen molar-refractivity contribution in [3.8, 4) is 5.75 Å². The van der Waals surface area contributed by atoms with E-state index in [2.05, 4.69) is 17.6 Å². The molecule has 1 fully saturated rings. The smallest absolute Gasteiger partial charge is 0.257 e. The first-order chi connectivity index (χ1) is 13.4. The number of nitrogens with one attached hydrogen (secondary N) is 2. The summed E-state index contributed by atoms with van der Waals surface area (Å²) >= 11 is 0. The number of nitrogens with zero attached hydrogens (tertiary/aromatic N) is 1. The molecule has 2 N–H and O–H groups in total. The number of rotatable bonds is 3. The number of hydrogen-bond acceptors (Lipinski definition) is 5. The van der Waals surface area contributed by atoms with Crippen molar-refractivity contribution >= 4 is 17.5 Å². The Balaban J connectivity index is 1.85. The molecule has 0 aromatic heterocycles. The lowest BCUT2D eigenvalue weighted by Gasteiger charge is -2.30. The zero-order valence-electron chi connectivity index (χ0n) is 17.2. The first-order valence-electron chi connectivity index (χ1n) is 9.98. The van der Waals surface area contributed by atoms with Gasteiger partial charge in [-0.05, 0) is 37.8 Å². The van der Waals surface area contributed by atoms with Crippen LogP contribution in [0.4, 0.5) is 5.69 Å². The standard InChI is InChI=1S/C21H31N3O4/c1-13-10-22-14(2)12-28-18-9-16(23-20(25)15-5-6-15)7-8-17(18)21(26)24(3)11-19(13)27-4/h7-9,13-15,19,22H,5-6,10-12H2,1-4H3,(H,23,25)/t13-,14-,19-/m0/s1. The van der Waals surface area contributed by atoms with Gasteiger partial charge < -0.3 is 25.0 Å². The van der Waals surface area contributed by atoms with Crippen molar-refractivity contribution in [3.05, 3.63) is 23.8 Å². The summed E-state index contributed by atoms with van der Waals surface area (Å²) in [7, 11) is 3.45. The van der Waals surface area contributed by atoms with Gasteiger partial charge in [0.25, 0.3) is 5.91 Å². The molecule has 3 atom stereocenters. The lowest BCUT2D eigenvalue weighted by atomic mass is 10.0. The largest absolute Gasteiger partial charge is 0.491 e. The van der Waals surface area contributed by atoms with Gasteiger partial charge >= 0.3 is 0 Å². The zero-order valence-corrected chi connectivity index (χ0v) is 17.2. The predicted octanol–water partition coefficient (Wildman–Crippen LogP) is 2.13. The molecule has 1 aromatic rings. The van der Waals surface area contributed by atoms with Gasteiger partial charge in [0.15, 0.2) is 0 Å². The Labute approximate surface area is 166 Å². The monoisotopic (exact) mass is 389 g/mol. The molecule has 1 aliphatic heterocycles. The maximum atomic E-state index is 13.0. The maximum Gasteiger partial charge on any atom is 0.257 e. The molecule has 2 amide bonds. The Bertz CT molecular complexity index is 720. The summed E-state index contributed by atoms with van der Waals surface area (Å²) in [5.41, 5.74) is 1.14. The highest BCUT2D eigenvalue weighted by atomic mass is 16.5. The molecule has 0 bridgehead atoms. The minimum absolute atomic E-state index is 0.0310. The number of benzene rings is 1. The molecule has 1 aromatic carbocycles. The number of carbonyl (C=O) groups is 2. The molecule has 7 heteroatoms. The predicted molar refractivity (Wildman–Crippen MR) is 108 cm³/mol. The Morgan fingerprint density at radius 2 is 2.07 bits per heavy atom. The third-order valence-corrected chi connectivity index (χ3v) is 5.44. The Hall–Kier alpha value is -2.12. The lowest BCUT2D eigenvalue weighted by Crippen LogP contribution is -2.44. The molecule has 0 unspecified atom stereocenters. The van der Waals surface area contributed by atoms with E-state index in [1.54, 1.807) is 37.3 Å². The minimum Gasteiger partial charge on any atom is -0.491 e. The number of methoxy groups -OCH3 is 1. The second-order valence-corrected chi connectivity index (χ2v) is 8.03. The van der Waals surface area contributed by atoms with Crippen molar-refractivity contribution in [2.24, 2.45) is 11.8 Å². The molecule has 7 nitrogen and oxygen atoms in total. The van der Waals surface area contributed by atoms with Gasteiger partial charge in [0, 0.05) is 51.0 Å². The van der Waals surface area contributed by atoms with Crippen molar-refractivity contribution in [2.45, 2.75) is 38.8 Å². The molecule has 3 rings (SSSR count). The molecular formula is C21H31N3O4. The van der Waals surface area contributed by atoms with Crippen molar-refractivity contribution in [2.75, 3.05) is 39.2 Å². The van der Waals surface area contributed by atoms with Crippen LogP contribution in [0.5, 0.6) is 5.75 Å². The van der Waals surface area contributed by atoms with Crippen LogP contribution in [0.2, 0.25) is 0 Å². The van der Waals surface area contributed by atoms with E-state index >= 15 is 0 Å². The van der Waals surface area contributed by atoms with E-state index in [4.69, 9.17) is 9.47 Å². The van der Waals surface area contributed by atoms with Crippen LogP contribution in [0.25, 0.3) is 0 Å². The van der Waals surface area contributed by atoms with Crippen molar-refractivity contribution < 1.29 is 19.1 Å². The van der Waals surface area contributed by atoms with Crippen LogP contribution in [0.3, 0.4) is 0 Å². The summed E-state index contributed by atoms with van der Waals surface area (Å²) in [6, 6.07) is 5.35.